The van der Waals surface area contributed by atoms with Gasteiger partial charge >= 0.3 is 0 Å². The van der Waals surface area contributed by atoms with E-state index in [1.807, 2.05) is 36.2 Å². The summed E-state index contributed by atoms with van der Waals surface area (Å²) < 4.78 is 17.2. The van der Waals surface area contributed by atoms with E-state index in [-0.39, 0.29) is 29.5 Å². The lowest BCUT2D eigenvalue weighted by atomic mass is 10.0. The van der Waals surface area contributed by atoms with E-state index < -0.39 is 5.54 Å². The van der Waals surface area contributed by atoms with Crippen LogP contribution >= 0.6 is 0 Å². The molecule has 0 radical (unpaired) electrons. The Bertz CT molecular complexity index is 1450. The molecule has 3 heterocycles. The monoisotopic (exact) mass is 485 g/mol. The Kier molecular flexibility index (Phi) is 4.66. The van der Waals surface area contributed by atoms with Crippen molar-refractivity contribution in [1.82, 2.24) is 19.6 Å². The summed E-state index contributed by atoms with van der Waals surface area (Å²) in [5, 5.41) is 5.23. The van der Waals surface area contributed by atoms with Crippen molar-refractivity contribution in [2.75, 3.05) is 19.6 Å². The minimum atomic E-state index is -0.655. The van der Waals surface area contributed by atoms with Crippen LogP contribution in [0.15, 0.2) is 47.6 Å². The lowest BCUT2D eigenvalue weighted by Crippen LogP contribution is -2.41. The van der Waals surface area contributed by atoms with E-state index in [2.05, 4.69) is 5.10 Å². The Balaban J connectivity index is 1.15. The van der Waals surface area contributed by atoms with Crippen molar-refractivity contribution in [2.24, 2.45) is 23.9 Å². The van der Waals surface area contributed by atoms with Gasteiger partial charge in [0.25, 0.3) is 5.91 Å². The molecule has 8 heteroatoms. The third-order valence-electron chi connectivity index (χ3n) is 8.19. The van der Waals surface area contributed by atoms with Gasteiger partial charge in [0.1, 0.15) is 17.2 Å². The second-order valence-electron chi connectivity index (χ2n) is 10.8. The van der Waals surface area contributed by atoms with Crippen molar-refractivity contribution in [2.45, 2.75) is 37.6 Å². The first-order valence-electron chi connectivity index (χ1n) is 12.8. The van der Waals surface area contributed by atoms with Gasteiger partial charge in [-0.15, -0.1) is 0 Å². The molecule has 1 atom stereocenters. The molecule has 1 saturated heterocycles. The first-order chi connectivity index (χ1) is 17.4. The van der Waals surface area contributed by atoms with Crippen molar-refractivity contribution in [3.8, 4) is 11.1 Å². The number of benzene rings is 2. The lowest BCUT2D eigenvalue weighted by molar-refractivity contribution is -0.131. The molecular formula is C28H28FN5O2. The Morgan fingerprint density at radius 3 is 2.67 bits per heavy atom. The molecule has 2 aromatic carbocycles. The summed E-state index contributed by atoms with van der Waals surface area (Å²) in [6.45, 7) is 1.96. The smallest absolute Gasteiger partial charge is 0.256 e. The summed E-state index contributed by atoms with van der Waals surface area (Å²) in [6.07, 6.45) is 6.15. The third-order valence-corrected chi connectivity index (χ3v) is 8.19. The van der Waals surface area contributed by atoms with Gasteiger partial charge in [-0.1, -0.05) is 18.2 Å². The van der Waals surface area contributed by atoms with Crippen LogP contribution in [0.25, 0.3) is 22.0 Å². The number of halogens is 1. The van der Waals surface area contributed by atoms with Crippen molar-refractivity contribution in [3.63, 3.8) is 0 Å². The molecule has 3 aromatic rings. The number of amidine groups is 1. The Morgan fingerprint density at radius 2 is 1.92 bits per heavy atom. The molecule has 3 fully saturated rings. The molecule has 2 aliphatic carbocycles. The van der Waals surface area contributed by atoms with Crippen molar-refractivity contribution >= 4 is 28.6 Å². The highest BCUT2D eigenvalue weighted by Crippen LogP contribution is 2.46. The van der Waals surface area contributed by atoms with Crippen molar-refractivity contribution in [3.05, 3.63) is 54.0 Å². The maximum Gasteiger partial charge on any atom is 0.256 e. The van der Waals surface area contributed by atoms with E-state index >= 15 is 4.39 Å². The van der Waals surface area contributed by atoms with Gasteiger partial charge in [0.2, 0.25) is 5.91 Å². The second-order valence-corrected chi connectivity index (χ2v) is 10.8. The summed E-state index contributed by atoms with van der Waals surface area (Å²) in [6, 6.07) is 10.9. The number of aryl methyl sites for hydroxylation is 1. The highest BCUT2D eigenvalue weighted by molar-refractivity contribution is 6.16. The molecule has 1 aromatic heterocycles. The van der Waals surface area contributed by atoms with Crippen LogP contribution in [0, 0.1) is 17.7 Å². The standard InChI is InChI=1S/C28H28FN5O2/c1-32-24-7-5-19(12-21(24)14-30-32)22-6-4-20(13-23(22)29)25-31-28(9-10-28)27(36)34(25)16-17-8-11-33(15-17)26(35)18-2-3-18/h4-7,12-14,17-18H,2-3,8-11,15-16H2,1H3. The summed E-state index contributed by atoms with van der Waals surface area (Å²) in [5.74, 6) is 0.939. The SMILES string of the molecule is Cn1ncc2cc(-c3ccc(C4=NC5(CC5)C(=O)N4CC4CCN(C(=O)C5CC5)C4)cc3F)ccc21. The molecular weight excluding hydrogens is 457 g/mol. The quantitative estimate of drug-likeness (QED) is 0.553. The Morgan fingerprint density at radius 1 is 1.11 bits per heavy atom. The predicted molar refractivity (Wildman–Crippen MR) is 134 cm³/mol. The number of rotatable bonds is 5. The van der Waals surface area contributed by atoms with E-state index in [9.17, 15) is 9.59 Å². The topological polar surface area (TPSA) is 70.8 Å². The van der Waals surface area contributed by atoms with Crippen LogP contribution in [0.3, 0.4) is 0 Å². The largest absolute Gasteiger partial charge is 0.342 e. The number of hydrogen-bond donors (Lipinski definition) is 0. The molecule has 4 aliphatic rings. The molecule has 2 amide bonds. The van der Waals surface area contributed by atoms with Gasteiger partial charge in [0.15, 0.2) is 0 Å². The third kappa shape index (κ3) is 3.45. The van der Waals surface area contributed by atoms with Crippen molar-refractivity contribution in [1.29, 1.82) is 0 Å². The zero-order chi connectivity index (χ0) is 24.6. The fourth-order valence-electron chi connectivity index (χ4n) is 5.74. The van der Waals surface area contributed by atoms with Gasteiger partial charge in [-0.3, -0.25) is 24.2 Å². The zero-order valence-electron chi connectivity index (χ0n) is 20.3. The maximum atomic E-state index is 15.4. The van der Waals surface area contributed by atoms with E-state index in [0.717, 1.165) is 55.1 Å². The number of carbonyl (C=O) groups excluding carboxylic acids is 2. The highest BCUT2D eigenvalue weighted by Gasteiger charge is 2.57. The van der Waals surface area contributed by atoms with Gasteiger partial charge in [-0.05, 0) is 61.8 Å². The van der Waals surface area contributed by atoms with Gasteiger partial charge < -0.3 is 4.90 Å². The maximum absolute atomic E-state index is 15.4. The van der Waals surface area contributed by atoms with E-state index in [0.29, 0.717) is 30.1 Å². The summed E-state index contributed by atoms with van der Waals surface area (Å²) in [7, 11) is 1.88. The number of nitrogens with zero attached hydrogens (tertiary/aromatic N) is 5. The van der Waals surface area contributed by atoms with Crippen molar-refractivity contribution < 1.29 is 14.0 Å². The molecule has 1 unspecified atom stereocenters. The van der Waals surface area contributed by atoms with Crippen LogP contribution in [0.4, 0.5) is 4.39 Å². The fraction of sp³-hybridized carbons (Fsp3) is 0.429. The van der Waals surface area contributed by atoms with Gasteiger partial charge in [-0.2, -0.15) is 5.10 Å². The zero-order valence-corrected chi connectivity index (χ0v) is 20.3. The summed E-state index contributed by atoms with van der Waals surface area (Å²) >= 11 is 0. The lowest BCUT2D eigenvalue weighted by Gasteiger charge is -2.24. The van der Waals surface area contributed by atoms with Crippen LogP contribution in [-0.2, 0) is 16.6 Å². The predicted octanol–water partition coefficient (Wildman–Crippen LogP) is 3.76. The Hall–Kier alpha value is -3.55. The highest BCUT2D eigenvalue weighted by atomic mass is 19.1. The first kappa shape index (κ1) is 21.7. The van der Waals surface area contributed by atoms with Crippen LogP contribution < -0.4 is 0 Å². The van der Waals surface area contributed by atoms with Gasteiger partial charge in [0, 0.05) is 49.1 Å². The minimum Gasteiger partial charge on any atom is -0.342 e. The van der Waals surface area contributed by atoms with Gasteiger partial charge in [0.05, 0.1) is 11.7 Å². The van der Waals surface area contributed by atoms with E-state index in [4.69, 9.17) is 4.99 Å². The molecule has 2 aliphatic heterocycles. The Labute approximate surface area is 208 Å². The van der Waals surface area contributed by atoms with Crippen LogP contribution in [0.5, 0.6) is 0 Å². The molecule has 2 saturated carbocycles. The molecule has 36 heavy (non-hydrogen) atoms. The van der Waals surface area contributed by atoms with E-state index in [1.165, 1.54) is 6.07 Å². The summed E-state index contributed by atoms with van der Waals surface area (Å²) in [4.78, 5) is 34.4. The average molecular weight is 486 g/mol. The molecule has 1 spiro atoms. The molecule has 184 valence electrons. The number of aromatic nitrogens is 2. The normalized spacial score (nSPS) is 22.7. The van der Waals surface area contributed by atoms with Crippen LogP contribution in [-0.4, -0.2) is 62.4 Å². The van der Waals surface area contributed by atoms with Crippen LogP contribution in [0.2, 0.25) is 0 Å². The minimum absolute atomic E-state index is 0.0241. The number of amides is 2. The molecule has 0 N–H and O–H groups in total. The number of aliphatic imine (C=N–C) groups is 1. The average Bonchev–Trinajstić information content (AvgIpc) is 3.78. The second kappa shape index (κ2) is 7.72. The first-order valence-corrected chi connectivity index (χ1v) is 12.8. The number of likely N-dealkylation sites (tertiary alicyclic amines) is 1. The fourth-order valence-corrected chi connectivity index (χ4v) is 5.74. The molecule has 0 bridgehead atoms. The molecule has 7 nitrogen and oxygen atoms in total. The number of hydrogen-bond acceptors (Lipinski definition) is 4. The summed E-state index contributed by atoms with van der Waals surface area (Å²) in [5.41, 5.74) is 2.25. The van der Waals surface area contributed by atoms with Gasteiger partial charge in [-0.25, -0.2) is 4.39 Å². The molecule has 7 rings (SSSR count). The number of fused-ring (bicyclic) bond motifs is 1. The number of carbonyl (C=O) groups is 2. The van der Waals surface area contributed by atoms with E-state index in [1.54, 1.807) is 21.8 Å². The van der Waals surface area contributed by atoms with Crippen LogP contribution in [0.1, 0.15) is 37.7 Å².